The van der Waals surface area contributed by atoms with Crippen molar-refractivity contribution in [1.82, 2.24) is 19.7 Å². The van der Waals surface area contributed by atoms with E-state index < -0.39 is 0 Å². The molecule has 1 aliphatic heterocycles. The number of benzene rings is 1. The topological polar surface area (TPSA) is 77.0 Å². The number of carbonyl (C=O) groups is 1. The van der Waals surface area contributed by atoms with Crippen molar-refractivity contribution in [1.29, 1.82) is 0 Å². The van der Waals surface area contributed by atoms with Gasteiger partial charge in [-0.3, -0.25) is 9.48 Å². The second-order valence-electron chi connectivity index (χ2n) is 7.48. The zero-order chi connectivity index (χ0) is 19.7. The third-order valence-electron chi connectivity index (χ3n) is 5.70. The van der Waals surface area contributed by atoms with Gasteiger partial charge in [0.05, 0.1) is 11.4 Å². The Morgan fingerprint density at radius 1 is 1.21 bits per heavy atom. The van der Waals surface area contributed by atoms with Gasteiger partial charge in [0, 0.05) is 29.6 Å². The first-order chi connectivity index (χ1) is 13.5. The summed E-state index contributed by atoms with van der Waals surface area (Å²) in [5.41, 5.74) is 9.96. The van der Waals surface area contributed by atoms with Gasteiger partial charge in [0.1, 0.15) is 6.54 Å². The Bertz CT molecular complexity index is 970. The molecule has 0 unspecified atom stereocenters. The molecule has 0 atom stereocenters. The van der Waals surface area contributed by atoms with Crippen molar-refractivity contribution in [2.24, 2.45) is 0 Å². The van der Waals surface area contributed by atoms with Gasteiger partial charge in [-0.05, 0) is 38.3 Å². The summed E-state index contributed by atoms with van der Waals surface area (Å²) in [5, 5.41) is 7.07. The predicted molar refractivity (Wildman–Crippen MR) is 111 cm³/mol. The fourth-order valence-corrected chi connectivity index (χ4v) is 4.82. The van der Waals surface area contributed by atoms with Crippen molar-refractivity contribution in [2.75, 3.05) is 18.8 Å². The van der Waals surface area contributed by atoms with E-state index in [1.807, 2.05) is 30.9 Å². The third-order valence-corrected chi connectivity index (χ3v) is 6.37. The van der Waals surface area contributed by atoms with Crippen molar-refractivity contribution in [2.45, 2.75) is 38.6 Å². The van der Waals surface area contributed by atoms with Gasteiger partial charge in [-0.2, -0.15) is 5.10 Å². The zero-order valence-electron chi connectivity index (χ0n) is 16.3. The molecule has 1 amide bonds. The molecule has 1 aliphatic rings. The minimum Gasteiger partial charge on any atom is -0.375 e. The van der Waals surface area contributed by atoms with E-state index >= 15 is 0 Å². The number of hydrogen-bond acceptors (Lipinski definition) is 5. The molecule has 1 saturated heterocycles. The molecule has 3 heterocycles. The Kier molecular flexibility index (Phi) is 4.93. The van der Waals surface area contributed by atoms with Gasteiger partial charge in [0.15, 0.2) is 5.13 Å². The molecular weight excluding hydrogens is 370 g/mol. The fourth-order valence-electron chi connectivity index (χ4n) is 4.16. The van der Waals surface area contributed by atoms with E-state index in [2.05, 4.69) is 39.7 Å². The first-order valence-electron chi connectivity index (χ1n) is 9.54. The standard InChI is InChI=1S/C21H25N5OS/c1-15-12-16(2)26(24-15)13-19(27)25-10-8-21(9-11-25,17-6-4-3-5-7-17)18-14-28-20(22)23-18/h3-7,12,14H,8-11,13H2,1-2H3,(H2,22,23). The summed E-state index contributed by atoms with van der Waals surface area (Å²) in [7, 11) is 0. The number of aromatic nitrogens is 3. The van der Waals surface area contributed by atoms with Crippen LogP contribution in [0.1, 0.15) is 35.5 Å². The quantitative estimate of drug-likeness (QED) is 0.736. The molecule has 0 aliphatic carbocycles. The molecule has 1 fully saturated rings. The highest BCUT2D eigenvalue weighted by Gasteiger charge is 2.40. The smallest absolute Gasteiger partial charge is 0.244 e. The van der Waals surface area contributed by atoms with E-state index in [1.165, 1.54) is 16.9 Å². The number of amides is 1. The van der Waals surface area contributed by atoms with Crippen molar-refractivity contribution in [3.05, 3.63) is 64.4 Å². The molecular formula is C21H25N5OS. The highest BCUT2D eigenvalue weighted by Crippen LogP contribution is 2.42. The van der Waals surface area contributed by atoms with Gasteiger partial charge in [-0.1, -0.05) is 30.3 Å². The second-order valence-corrected chi connectivity index (χ2v) is 8.37. The first kappa shape index (κ1) is 18.7. The lowest BCUT2D eigenvalue weighted by molar-refractivity contribution is -0.133. The van der Waals surface area contributed by atoms with Gasteiger partial charge >= 0.3 is 0 Å². The summed E-state index contributed by atoms with van der Waals surface area (Å²) >= 11 is 1.48. The van der Waals surface area contributed by atoms with Gasteiger partial charge in [-0.15, -0.1) is 11.3 Å². The summed E-state index contributed by atoms with van der Waals surface area (Å²) in [6.07, 6.45) is 1.67. The van der Waals surface area contributed by atoms with Gasteiger partial charge < -0.3 is 10.6 Å². The summed E-state index contributed by atoms with van der Waals surface area (Å²) in [5.74, 6) is 0.116. The maximum Gasteiger partial charge on any atom is 0.244 e. The Morgan fingerprint density at radius 2 is 1.93 bits per heavy atom. The van der Waals surface area contributed by atoms with Crippen LogP contribution in [0.5, 0.6) is 0 Å². The fraction of sp³-hybridized carbons (Fsp3) is 0.381. The van der Waals surface area contributed by atoms with Crippen molar-refractivity contribution in [3.63, 3.8) is 0 Å². The number of nitrogens with two attached hydrogens (primary N) is 1. The summed E-state index contributed by atoms with van der Waals surface area (Å²) in [6, 6.07) is 12.5. The first-order valence-corrected chi connectivity index (χ1v) is 10.4. The van der Waals surface area contributed by atoms with Crippen LogP contribution in [0.2, 0.25) is 0 Å². The Morgan fingerprint density at radius 3 is 2.50 bits per heavy atom. The molecule has 3 aromatic rings. The van der Waals surface area contributed by atoms with Crippen molar-refractivity contribution < 1.29 is 4.79 Å². The molecule has 0 spiro atoms. The molecule has 2 N–H and O–H groups in total. The van der Waals surface area contributed by atoms with E-state index in [9.17, 15) is 4.79 Å². The van der Waals surface area contributed by atoms with Gasteiger partial charge in [-0.25, -0.2) is 4.98 Å². The highest BCUT2D eigenvalue weighted by atomic mass is 32.1. The minimum absolute atomic E-state index is 0.116. The molecule has 0 saturated carbocycles. The second kappa shape index (κ2) is 7.39. The van der Waals surface area contributed by atoms with E-state index in [0.29, 0.717) is 24.8 Å². The zero-order valence-corrected chi connectivity index (χ0v) is 17.1. The van der Waals surface area contributed by atoms with Gasteiger partial charge in [0.2, 0.25) is 5.91 Å². The molecule has 4 rings (SSSR count). The van der Waals surface area contributed by atoms with Crippen molar-refractivity contribution in [3.8, 4) is 0 Å². The number of likely N-dealkylation sites (tertiary alicyclic amines) is 1. The summed E-state index contributed by atoms with van der Waals surface area (Å²) in [4.78, 5) is 19.4. The van der Waals surface area contributed by atoms with Crippen LogP contribution in [0.4, 0.5) is 5.13 Å². The largest absolute Gasteiger partial charge is 0.375 e. The molecule has 0 bridgehead atoms. The van der Waals surface area contributed by atoms with Crippen LogP contribution < -0.4 is 5.73 Å². The summed E-state index contributed by atoms with van der Waals surface area (Å²) in [6.45, 7) is 5.62. The molecule has 28 heavy (non-hydrogen) atoms. The van der Waals surface area contributed by atoms with E-state index in [0.717, 1.165) is 29.9 Å². The van der Waals surface area contributed by atoms with Crippen LogP contribution in [-0.4, -0.2) is 38.7 Å². The Labute approximate surface area is 169 Å². The number of rotatable bonds is 4. The Hall–Kier alpha value is -2.67. The summed E-state index contributed by atoms with van der Waals surface area (Å²) < 4.78 is 1.79. The average Bonchev–Trinajstić information content (AvgIpc) is 3.27. The van der Waals surface area contributed by atoms with Crippen LogP contribution in [0.25, 0.3) is 0 Å². The van der Waals surface area contributed by atoms with Crippen LogP contribution in [0, 0.1) is 13.8 Å². The van der Waals surface area contributed by atoms with Gasteiger partial charge in [0.25, 0.3) is 0 Å². The molecule has 2 aromatic heterocycles. The number of thiazole rings is 1. The van der Waals surface area contributed by atoms with Crippen LogP contribution in [-0.2, 0) is 16.8 Å². The highest BCUT2D eigenvalue weighted by molar-refractivity contribution is 7.13. The molecule has 1 aromatic carbocycles. The van der Waals surface area contributed by atoms with Crippen LogP contribution in [0.15, 0.2) is 41.8 Å². The number of anilines is 1. The molecule has 146 valence electrons. The predicted octanol–water partition coefficient (Wildman–Crippen LogP) is 3.15. The lowest BCUT2D eigenvalue weighted by atomic mass is 9.70. The number of nitrogen functional groups attached to an aromatic ring is 1. The molecule has 6 nitrogen and oxygen atoms in total. The monoisotopic (exact) mass is 395 g/mol. The maximum absolute atomic E-state index is 12.8. The number of nitrogens with zero attached hydrogens (tertiary/aromatic N) is 4. The molecule has 0 radical (unpaired) electrons. The number of carbonyl (C=O) groups excluding carboxylic acids is 1. The average molecular weight is 396 g/mol. The van der Waals surface area contributed by atoms with E-state index in [4.69, 9.17) is 5.73 Å². The van der Waals surface area contributed by atoms with E-state index in [1.54, 1.807) is 4.68 Å². The van der Waals surface area contributed by atoms with Crippen LogP contribution in [0.3, 0.4) is 0 Å². The third kappa shape index (κ3) is 3.42. The number of piperidine rings is 1. The van der Waals surface area contributed by atoms with E-state index in [-0.39, 0.29) is 11.3 Å². The minimum atomic E-state index is -0.190. The lowest BCUT2D eigenvalue weighted by Crippen LogP contribution is -2.47. The maximum atomic E-state index is 12.8. The molecule has 7 heteroatoms. The number of hydrogen-bond donors (Lipinski definition) is 1. The number of aryl methyl sites for hydroxylation is 2. The Balaban J connectivity index is 1.54. The SMILES string of the molecule is Cc1cc(C)n(CC(=O)N2CCC(c3ccccc3)(c3csc(N)n3)CC2)n1. The van der Waals surface area contributed by atoms with Crippen molar-refractivity contribution >= 4 is 22.4 Å². The normalized spacial score (nSPS) is 16.3. The van der Waals surface area contributed by atoms with Crippen LogP contribution >= 0.6 is 11.3 Å². The lowest BCUT2D eigenvalue weighted by Gasteiger charge is -2.41.